The van der Waals surface area contributed by atoms with E-state index >= 15 is 0 Å². The van der Waals surface area contributed by atoms with Gasteiger partial charge >= 0.3 is 0 Å². The second-order valence-electron chi connectivity index (χ2n) is 5.81. The molecule has 2 fully saturated rings. The molecule has 0 amide bonds. The molecule has 2 aliphatic rings. The average Bonchev–Trinajstić information content (AvgIpc) is 2.76. The first kappa shape index (κ1) is 12.4. The maximum absolute atomic E-state index is 9.94. The second-order valence-corrected chi connectivity index (χ2v) is 5.81. The summed E-state index contributed by atoms with van der Waals surface area (Å²) < 4.78 is 0. The van der Waals surface area contributed by atoms with Crippen LogP contribution in [0.2, 0.25) is 0 Å². The lowest BCUT2D eigenvalue weighted by Crippen LogP contribution is -2.47. The predicted octanol–water partition coefficient (Wildman–Crippen LogP) is 2.80. The van der Waals surface area contributed by atoms with E-state index in [0.717, 1.165) is 6.42 Å². The van der Waals surface area contributed by atoms with Crippen LogP contribution >= 0.6 is 0 Å². The molecule has 1 saturated heterocycles. The van der Waals surface area contributed by atoms with Crippen molar-refractivity contribution < 1.29 is 5.11 Å². The molecule has 94 valence electrons. The van der Waals surface area contributed by atoms with Crippen molar-refractivity contribution in [1.29, 1.82) is 0 Å². The van der Waals surface area contributed by atoms with Gasteiger partial charge in [-0.15, -0.1) is 0 Å². The molecule has 1 aliphatic heterocycles. The van der Waals surface area contributed by atoms with Crippen LogP contribution in [-0.4, -0.2) is 35.2 Å². The van der Waals surface area contributed by atoms with Crippen LogP contribution in [0.1, 0.15) is 58.8 Å². The Morgan fingerprint density at radius 2 is 1.75 bits per heavy atom. The number of rotatable bonds is 3. The van der Waals surface area contributed by atoms with Crippen molar-refractivity contribution in [3.8, 4) is 0 Å². The molecular weight excluding hydrogens is 198 g/mol. The highest BCUT2D eigenvalue weighted by molar-refractivity contribution is 4.91. The summed E-state index contributed by atoms with van der Waals surface area (Å²) in [6.45, 7) is 7.10. The molecule has 2 atom stereocenters. The Balaban J connectivity index is 1.89. The summed E-state index contributed by atoms with van der Waals surface area (Å²) in [7, 11) is 0. The van der Waals surface area contributed by atoms with Crippen LogP contribution in [0.25, 0.3) is 0 Å². The van der Waals surface area contributed by atoms with E-state index in [-0.39, 0.29) is 6.10 Å². The summed E-state index contributed by atoms with van der Waals surface area (Å²) in [6.07, 6.45) is 8.73. The molecule has 2 rings (SSSR count). The van der Waals surface area contributed by atoms with Crippen molar-refractivity contribution in [3.63, 3.8) is 0 Å². The lowest BCUT2D eigenvalue weighted by atomic mass is 9.74. The van der Waals surface area contributed by atoms with Gasteiger partial charge in [0.15, 0.2) is 0 Å². The van der Waals surface area contributed by atoms with E-state index in [1.807, 2.05) is 0 Å². The first-order valence-electron chi connectivity index (χ1n) is 7.13. The van der Waals surface area contributed by atoms with E-state index in [4.69, 9.17) is 0 Å². The third-order valence-electron chi connectivity index (χ3n) is 5.27. The highest BCUT2D eigenvalue weighted by Gasteiger charge is 2.37. The quantitative estimate of drug-likeness (QED) is 0.798. The Hall–Kier alpha value is -0.0800. The number of hydrogen-bond acceptors (Lipinski definition) is 2. The summed E-state index contributed by atoms with van der Waals surface area (Å²) in [5.41, 5.74) is 0.611. The van der Waals surface area contributed by atoms with Crippen LogP contribution in [0.5, 0.6) is 0 Å². The van der Waals surface area contributed by atoms with E-state index in [2.05, 4.69) is 18.7 Å². The van der Waals surface area contributed by atoms with Gasteiger partial charge in [0.25, 0.3) is 0 Å². The molecule has 0 spiro atoms. The summed E-state index contributed by atoms with van der Waals surface area (Å²) in [4.78, 5) is 2.56. The van der Waals surface area contributed by atoms with E-state index in [1.165, 1.54) is 51.6 Å². The summed E-state index contributed by atoms with van der Waals surface area (Å²) in [6, 6.07) is 0.478. The van der Waals surface area contributed by atoms with Gasteiger partial charge in [0, 0.05) is 6.04 Å². The largest absolute Gasteiger partial charge is 0.391 e. The molecule has 2 heteroatoms. The molecule has 1 aliphatic carbocycles. The van der Waals surface area contributed by atoms with Gasteiger partial charge in [0.05, 0.1) is 6.10 Å². The van der Waals surface area contributed by atoms with Crippen molar-refractivity contribution in [2.45, 2.75) is 70.9 Å². The fourth-order valence-electron chi connectivity index (χ4n) is 3.63. The van der Waals surface area contributed by atoms with Gasteiger partial charge in [-0.1, -0.05) is 26.7 Å². The summed E-state index contributed by atoms with van der Waals surface area (Å²) in [5.74, 6) is 0. The van der Waals surface area contributed by atoms with Gasteiger partial charge in [-0.25, -0.2) is 0 Å². The molecule has 16 heavy (non-hydrogen) atoms. The van der Waals surface area contributed by atoms with E-state index in [0.29, 0.717) is 11.5 Å². The average molecular weight is 225 g/mol. The molecule has 1 N–H and O–H groups in total. The van der Waals surface area contributed by atoms with Gasteiger partial charge in [0.2, 0.25) is 0 Å². The second kappa shape index (κ2) is 5.05. The molecule has 1 heterocycles. The van der Waals surface area contributed by atoms with Gasteiger partial charge in [-0.05, 0) is 50.6 Å². The number of aliphatic hydroxyl groups excluding tert-OH is 1. The minimum absolute atomic E-state index is 0.0456. The molecule has 0 bridgehead atoms. The number of nitrogens with zero attached hydrogens (tertiary/aromatic N) is 1. The monoisotopic (exact) mass is 225 g/mol. The standard InChI is InChI=1S/C14H27NO/c1-3-14(4-2)8-10-15(11-9-14)12-6-5-7-13(12)16/h12-13,16H,3-11H2,1-2H3/t12-,13-/m0/s1. The molecule has 0 aromatic rings. The van der Waals surface area contributed by atoms with Crippen molar-refractivity contribution in [1.82, 2.24) is 4.90 Å². The number of piperidine rings is 1. The summed E-state index contributed by atoms with van der Waals surface area (Å²) >= 11 is 0. The van der Waals surface area contributed by atoms with Gasteiger partial charge in [0.1, 0.15) is 0 Å². The maximum atomic E-state index is 9.94. The fourth-order valence-corrected chi connectivity index (χ4v) is 3.63. The molecule has 0 aromatic heterocycles. The van der Waals surface area contributed by atoms with Crippen molar-refractivity contribution in [2.75, 3.05) is 13.1 Å². The van der Waals surface area contributed by atoms with Crippen LogP contribution in [0.15, 0.2) is 0 Å². The Labute approximate surface area is 100 Å². The highest BCUT2D eigenvalue weighted by atomic mass is 16.3. The summed E-state index contributed by atoms with van der Waals surface area (Å²) in [5, 5.41) is 9.94. The molecule has 0 unspecified atom stereocenters. The van der Waals surface area contributed by atoms with E-state index in [1.54, 1.807) is 0 Å². The Kier molecular flexibility index (Phi) is 3.91. The number of likely N-dealkylation sites (tertiary alicyclic amines) is 1. The van der Waals surface area contributed by atoms with Crippen molar-refractivity contribution in [3.05, 3.63) is 0 Å². The highest BCUT2D eigenvalue weighted by Crippen LogP contribution is 2.39. The zero-order valence-corrected chi connectivity index (χ0v) is 10.9. The van der Waals surface area contributed by atoms with Gasteiger partial charge in [-0.3, -0.25) is 4.90 Å². The Morgan fingerprint density at radius 3 is 2.19 bits per heavy atom. The Bertz CT molecular complexity index is 215. The molecule has 0 aromatic carbocycles. The molecule has 1 saturated carbocycles. The van der Waals surface area contributed by atoms with E-state index in [9.17, 15) is 5.11 Å². The normalized spacial score (nSPS) is 35.4. The zero-order chi connectivity index (χ0) is 11.6. The third kappa shape index (κ3) is 2.28. The lowest BCUT2D eigenvalue weighted by molar-refractivity contribution is 0.0199. The van der Waals surface area contributed by atoms with Crippen LogP contribution in [-0.2, 0) is 0 Å². The van der Waals surface area contributed by atoms with Crippen LogP contribution in [0.4, 0.5) is 0 Å². The topological polar surface area (TPSA) is 23.5 Å². The molecule has 2 nitrogen and oxygen atoms in total. The third-order valence-corrected chi connectivity index (χ3v) is 5.27. The smallest absolute Gasteiger partial charge is 0.0695 e. The molecule has 0 radical (unpaired) electrons. The maximum Gasteiger partial charge on any atom is 0.0695 e. The lowest BCUT2D eigenvalue weighted by Gasteiger charge is -2.43. The number of hydrogen-bond donors (Lipinski definition) is 1. The Morgan fingerprint density at radius 1 is 1.12 bits per heavy atom. The predicted molar refractivity (Wildman–Crippen MR) is 67.5 cm³/mol. The SMILES string of the molecule is CCC1(CC)CCN([C@H]2CCC[C@@H]2O)CC1. The minimum Gasteiger partial charge on any atom is -0.391 e. The van der Waals surface area contributed by atoms with E-state index < -0.39 is 0 Å². The van der Waals surface area contributed by atoms with Gasteiger partial charge < -0.3 is 5.11 Å². The first-order valence-corrected chi connectivity index (χ1v) is 7.13. The van der Waals surface area contributed by atoms with Crippen LogP contribution < -0.4 is 0 Å². The number of aliphatic hydroxyl groups is 1. The minimum atomic E-state index is -0.0456. The van der Waals surface area contributed by atoms with Crippen molar-refractivity contribution in [2.24, 2.45) is 5.41 Å². The molecular formula is C14H27NO. The zero-order valence-electron chi connectivity index (χ0n) is 10.9. The van der Waals surface area contributed by atoms with Crippen LogP contribution in [0, 0.1) is 5.41 Å². The van der Waals surface area contributed by atoms with Gasteiger partial charge in [-0.2, -0.15) is 0 Å². The fraction of sp³-hybridized carbons (Fsp3) is 1.00. The first-order chi connectivity index (χ1) is 7.71. The van der Waals surface area contributed by atoms with Crippen molar-refractivity contribution >= 4 is 0 Å². The van der Waals surface area contributed by atoms with Crippen LogP contribution in [0.3, 0.4) is 0 Å².